The van der Waals surface area contributed by atoms with Gasteiger partial charge in [-0.25, -0.2) is 4.79 Å². The topological polar surface area (TPSA) is 87.9 Å². The number of rotatable bonds is 5. The number of methoxy groups -OCH3 is 2. The average Bonchev–Trinajstić information content (AvgIpc) is 2.35. The fraction of sp³-hybridized carbons (Fsp3) is 0.300. The van der Waals surface area contributed by atoms with Gasteiger partial charge in [-0.3, -0.25) is 10.1 Å². The SMILES string of the molecule is COC(=O)C(Oc1ccc(Br)cc1OC)[N+](=O)[O-]. The highest BCUT2D eigenvalue weighted by atomic mass is 79.9. The van der Waals surface area contributed by atoms with E-state index >= 15 is 0 Å². The molecule has 0 bridgehead atoms. The van der Waals surface area contributed by atoms with Crippen molar-refractivity contribution in [3.8, 4) is 11.5 Å². The molecule has 1 rings (SSSR count). The number of esters is 1. The van der Waals surface area contributed by atoms with Crippen LogP contribution in [0.1, 0.15) is 0 Å². The average molecular weight is 320 g/mol. The zero-order chi connectivity index (χ0) is 13.7. The number of carbonyl (C=O) groups excluding carboxylic acids is 1. The number of hydrogen-bond donors (Lipinski definition) is 0. The van der Waals surface area contributed by atoms with Crippen molar-refractivity contribution in [2.45, 2.75) is 6.23 Å². The molecule has 1 aromatic carbocycles. The number of nitro groups is 1. The van der Waals surface area contributed by atoms with Gasteiger partial charge in [-0.15, -0.1) is 0 Å². The molecule has 0 radical (unpaired) electrons. The quantitative estimate of drug-likeness (QED) is 0.354. The molecule has 0 N–H and O–H groups in total. The van der Waals surface area contributed by atoms with Crippen LogP contribution in [0.15, 0.2) is 22.7 Å². The summed E-state index contributed by atoms with van der Waals surface area (Å²) in [7, 11) is 2.43. The third kappa shape index (κ3) is 3.33. The molecule has 0 saturated carbocycles. The van der Waals surface area contributed by atoms with E-state index < -0.39 is 17.1 Å². The van der Waals surface area contributed by atoms with Crippen molar-refractivity contribution in [1.82, 2.24) is 0 Å². The summed E-state index contributed by atoms with van der Waals surface area (Å²) in [4.78, 5) is 21.0. The smallest absolute Gasteiger partial charge is 0.452 e. The normalized spacial score (nSPS) is 11.5. The minimum Gasteiger partial charge on any atom is -0.493 e. The van der Waals surface area contributed by atoms with Crippen molar-refractivity contribution in [1.29, 1.82) is 0 Å². The predicted molar refractivity (Wildman–Crippen MR) is 64.1 cm³/mol. The zero-order valence-corrected chi connectivity index (χ0v) is 11.2. The molecule has 1 aromatic rings. The van der Waals surface area contributed by atoms with E-state index in [1.807, 2.05) is 0 Å². The monoisotopic (exact) mass is 319 g/mol. The van der Waals surface area contributed by atoms with Gasteiger partial charge in [0.25, 0.3) is 0 Å². The van der Waals surface area contributed by atoms with Crippen molar-refractivity contribution in [2.24, 2.45) is 0 Å². The first-order chi connectivity index (χ1) is 8.49. The molecule has 0 aliphatic carbocycles. The van der Waals surface area contributed by atoms with Gasteiger partial charge in [0.05, 0.1) is 19.1 Å². The highest BCUT2D eigenvalue weighted by Gasteiger charge is 2.34. The largest absolute Gasteiger partial charge is 0.493 e. The van der Waals surface area contributed by atoms with Crippen LogP contribution in [0.3, 0.4) is 0 Å². The number of nitrogens with zero attached hydrogens (tertiary/aromatic N) is 1. The summed E-state index contributed by atoms with van der Waals surface area (Å²) in [5, 5.41) is 10.7. The summed E-state index contributed by atoms with van der Waals surface area (Å²) in [5.74, 6) is -0.752. The molecule has 8 heteroatoms. The Morgan fingerprint density at radius 2 is 2.06 bits per heavy atom. The van der Waals surface area contributed by atoms with Gasteiger partial charge < -0.3 is 14.2 Å². The molecule has 0 saturated heterocycles. The van der Waals surface area contributed by atoms with Crippen molar-refractivity contribution < 1.29 is 23.9 Å². The molecule has 7 nitrogen and oxygen atoms in total. The number of benzene rings is 1. The minimum absolute atomic E-state index is 0.0767. The Balaban J connectivity index is 3.00. The summed E-state index contributed by atoms with van der Waals surface area (Å²) in [6.07, 6.45) is -1.93. The van der Waals surface area contributed by atoms with Gasteiger partial charge in [-0.2, -0.15) is 0 Å². The van der Waals surface area contributed by atoms with Crippen LogP contribution in [-0.4, -0.2) is 31.3 Å². The zero-order valence-electron chi connectivity index (χ0n) is 9.58. The van der Waals surface area contributed by atoms with Gasteiger partial charge >= 0.3 is 12.2 Å². The number of carbonyl (C=O) groups is 1. The molecule has 0 aromatic heterocycles. The maximum atomic E-state index is 11.2. The van der Waals surface area contributed by atoms with Crippen LogP contribution < -0.4 is 9.47 Å². The summed E-state index contributed by atoms with van der Waals surface area (Å²) >= 11 is 3.21. The first-order valence-electron chi connectivity index (χ1n) is 4.71. The van der Waals surface area contributed by atoms with E-state index in [1.165, 1.54) is 13.2 Å². The van der Waals surface area contributed by atoms with Gasteiger partial charge in [0.2, 0.25) is 0 Å². The van der Waals surface area contributed by atoms with E-state index in [4.69, 9.17) is 9.47 Å². The maximum absolute atomic E-state index is 11.2. The lowest BCUT2D eigenvalue weighted by molar-refractivity contribution is -0.548. The second kappa shape index (κ2) is 6.20. The van der Waals surface area contributed by atoms with E-state index in [0.717, 1.165) is 7.11 Å². The van der Waals surface area contributed by atoms with Crippen molar-refractivity contribution >= 4 is 21.9 Å². The van der Waals surface area contributed by atoms with E-state index in [-0.39, 0.29) is 11.5 Å². The van der Waals surface area contributed by atoms with Crippen LogP contribution in [0.2, 0.25) is 0 Å². The third-order valence-corrected chi connectivity index (χ3v) is 2.45. The standard InChI is InChI=1S/C10H10BrNO6/c1-16-8-5-6(11)3-4-7(8)18-9(12(14)15)10(13)17-2/h3-5,9H,1-2H3. The number of halogens is 1. The summed E-state index contributed by atoms with van der Waals surface area (Å²) < 4.78 is 15.0. The van der Waals surface area contributed by atoms with Crippen LogP contribution in [0.4, 0.5) is 0 Å². The van der Waals surface area contributed by atoms with E-state index in [2.05, 4.69) is 20.7 Å². The second-order valence-corrected chi connectivity index (χ2v) is 3.99. The third-order valence-electron chi connectivity index (χ3n) is 1.96. The first-order valence-corrected chi connectivity index (χ1v) is 5.50. The fourth-order valence-corrected chi connectivity index (χ4v) is 1.48. The van der Waals surface area contributed by atoms with E-state index in [0.29, 0.717) is 4.47 Å². The molecule has 18 heavy (non-hydrogen) atoms. The molecule has 0 fully saturated rings. The van der Waals surface area contributed by atoms with Crippen LogP contribution in [-0.2, 0) is 9.53 Å². The minimum atomic E-state index is -1.93. The molecule has 0 aliphatic rings. The van der Waals surface area contributed by atoms with Gasteiger partial charge in [0, 0.05) is 4.47 Å². The van der Waals surface area contributed by atoms with Crippen LogP contribution in [0.25, 0.3) is 0 Å². The molecule has 98 valence electrons. The molecule has 0 aliphatic heterocycles. The predicted octanol–water partition coefficient (Wildman–Crippen LogP) is 1.61. The van der Waals surface area contributed by atoms with Gasteiger partial charge in [0.1, 0.15) is 0 Å². The lowest BCUT2D eigenvalue weighted by atomic mass is 10.3. The first kappa shape index (κ1) is 14.2. The summed E-state index contributed by atoms with van der Waals surface area (Å²) in [5.41, 5.74) is 0. The molecule has 1 unspecified atom stereocenters. The maximum Gasteiger partial charge on any atom is 0.452 e. The Bertz CT molecular complexity index is 464. The van der Waals surface area contributed by atoms with Crippen molar-refractivity contribution in [3.63, 3.8) is 0 Å². The lowest BCUT2D eigenvalue weighted by Gasteiger charge is -2.12. The number of ether oxygens (including phenoxy) is 3. The molecule has 0 heterocycles. The second-order valence-electron chi connectivity index (χ2n) is 3.07. The Morgan fingerprint density at radius 1 is 1.39 bits per heavy atom. The van der Waals surface area contributed by atoms with Crippen LogP contribution in [0, 0.1) is 10.1 Å². The van der Waals surface area contributed by atoms with Crippen LogP contribution >= 0.6 is 15.9 Å². The van der Waals surface area contributed by atoms with Crippen LogP contribution in [0.5, 0.6) is 11.5 Å². The van der Waals surface area contributed by atoms with E-state index in [1.54, 1.807) is 12.1 Å². The summed E-state index contributed by atoms with van der Waals surface area (Å²) in [6.45, 7) is 0. The lowest BCUT2D eigenvalue weighted by Crippen LogP contribution is -2.36. The molecular weight excluding hydrogens is 310 g/mol. The highest BCUT2D eigenvalue weighted by molar-refractivity contribution is 9.10. The van der Waals surface area contributed by atoms with Crippen molar-refractivity contribution in [2.75, 3.05) is 14.2 Å². The van der Waals surface area contributed by atoms with E-state index in [9.17, 15) is 14.9 Å². The number of hydrogen-bond acceptors (Lipinski definition) is 6. The Kier molecular flexibility index (Phi) is 4.90. The molecule has 0 amide bonds. The van der Waals surface area contributed by atoms with Crippen molar-refractivity contribution in [3.05, 3.63) is 32.8 Å². The Labute approximate surface area is 111 Å². The van der Waals surface area contributed by atoms with Gasteiger partial charge in [-0.05, 0) is 18.2 Å². The molecule has 1 atom stereocenters. The highest BCUT2D eigenvalue weighted by Crippen LogP contribution is 2.31. The fourth-order valence-electron chi connectivity index (χ4n) is 1.14. The van der Waals surface area contributed by atoms with Gasteiger partial charge in [-0.1, -0.05) is 15.9 Å². The Morgan fingerprint density at radius 3 is 2.56 bits per heavy atom. The molecule has 0 spiro atoms. The van der Waals surface area contributed by atoms with Gasteiger partial charge in [0.15, 0.2) is 11.5 Å². The summed E-state index contributed by atoms with van der Waals surface area (Å²) in [6, 6.07) is 4.61. The Hall–Kier alpha value is -1.83. The molecular formula is C10H10BrNO6.